The Hall–Kier alpha value is -1.24. The van der Waals surface area contributed by atoms with Gasteiger partial charge >= 0.3 is 5.97 Å². The lowest BCUT2D eigenvalue weighted by Gasteiger charge is -2.41. The number of hydrogen-bond donors (Lipinski definition) is 3. The molecule has 0 aromatic heterocycles. The fourth-order valence-electron chi connectivity index (χ4n) is 5.29. The van der Waals surface area contributed by atoms with Crippen LogP contribution in [0.4, 0.5) is 0 Å². The number of carboxylic acid groups (broad SMARTS) is 1. The van der Waals surface area contributed by atoms with Gasteiger partial charge in [0.2, 0.25) is 0 Å². The lowest BCUT2D eigenvalue weighted by molar-refractivity contribution is -0.140. The summed E-state index contributed by atoms with van der Waals surface area (Å²) in [6.45, 7) is 0. The molecule has 0 bridgehead atoms. The summed E-state index contributed by atoms with van der Waals surface area (Å²) >= 11 is 14.5. The van der Waals surface area contributed by atoms with Crippen LogP contribution in [0.3, 0.4) is 0 Å². The maximum absolute atomic E-state index is 12.4. The summed E-state index contributed by atoms with van der Waals surface area (Å²) in [7, 11) is 0. The molecule has 0 amide bonds. The first-order valence-corrected chi connectivity index (χ1v) is 14.1. The van der Waals surface area contributed by atoms with E-state index in [0.717, 1.165) is 29.7 Å². The molecule has 0 radical (unpaired) electrons. The van der Waals surface area contributed by atoms with Crippen molar-refractivity contribution in [3.8, 4) is 0 Å². The number of halogens is 2. The minimum absolute atomic E-state index is 0.0288. The van der Waals surface area contributed by atoms with Gasteiger partial charge < -0.3 is 5.11 Å². The Morgan fingerprint density at radius 3 is 2.38 bits per heavy atom. The van der Waals surface area contributed by atoms with Crippen molar-refractivity contribution in [3.63, 3.8) is 0 Å². The van der Waals surface area contributed by atoms with E-state index >= 15 is 0 Å². The van der Waals surface area contributed by atoms with Crippen LogP contribution in [0, 0.1) is 5.92 Å². The Morgan fingerprint density at radius 1 is 1.06 bits per heavy atom. The average Bonchev–Trinajstić information content (AvgIpc) is 3.29. The third-order valence-electron chi connectivity index (χ3n) is 7.10. The molecule has 184 valence electrons. The highest BCUT2D eigenvalue weighted by molar-refractivity contribution is 8.00. The highest BCUT2D eigenvalue weighted by Gasteiger charge is 2.47. The zero-order chi connectivity index (χ0) is 24.0. The monoisotopic (exact) mass is 520 g/mol. The van der Waals surface area contributed by atoms with Gasteiger partial charge in [-0.15, -0.1) is 11.8 Å². The molecule has 2 fully saturated rings. The van der Waals surface area contributed by atoms with Gasteiger partial charge in [-0.25, -0.2) is 0 Å². The maximum atomic E-state index is 12.4. The van der Waals surface area contributed by atoms with Crippen molar-refractivity contribution in [2.24, 2.45) is 5.92 Å². The van der Waals surface area contributed by atoms with E-state index in [9.17, 15) is 9.90 Å². The number of rotatable bonds is 7. The number of carboxylic acids is 1. The van der Waals surface area contributed by atoms with Gasteiger partial charge in [-0.2, -0.15) is 0 Å². The molecule has 4 nitrogen and oxygen atoms in total. The van der Waals surface area contributed by atoms with Gasteiger partial charge in [0.1, 0.15) is 11.0 Å². The standard InChI is InChI=1S/C27H34Cl2N2O2S/c28-21-14-15-22(23(29)17-21)25-18-34-27(31-25,20-12-8-3-1-2-4-9-13-20)30-24(26(32)33)16-19-10-6-5-7-11-19/h5-7,10-11,14-15,17,20,24-25,30-31H,1-4,8-9,12-13,16,18H2,(H,32,33). The van der Waals surface area contributed by atoms with Crippen molar-refractivity contribution in [1.82, 2.24) is 10.6 Å². The Labute approximate surface area is 217 Å². The van der Waals surface area contributed by atoms with Gasteiger partial charge in [0.15, 0.2) is 0 Å². The van der Waals surface area contributed by atoms with Crippen LogP contribution in [-0.2, 0) is 11.2 Å². The number of aliphatic carboxylic acids is 1. The van der Waals surface area contributed by atoms with Crippen molar-refractivity contribution < 1.29 is 9.90 Å². The predicted molar refractivity (Wildman–Crippen MR) is 143 cm³/mol. The van der Waals surface area contributed by atoms with Gasteiger partial charge in [-0.3, -0.25) is 15.4 Å². The minimum Gasteiger partial charge on any atom is -0.480 e. The second-order valence-corrected chi connectivity index (χ2v) is 11.6. The lowest BCUT2D eigenvalue weighted by Crippen LogP contribution is -2.62. The highest BCUT2D eigenvalue weighted by Crippen LogP contribution is 2.46. The molecule has 2 aliphatic rings. The van der Waals surface area contributed by atoms with Crippen LogP contribution in [0.25, 0.3) is 0 Å². The minimum atomic E-state index is -0.818. The highest BCUT2D eigenvalue weighted by atomic mass is 35.5. The molecule has 1 saturated heterocycles. The lowest BCUT2D eigenvalue weighted by atomic mass is 9.91. The molecule has 3 N–H and O–H groups in total. The molecule has 3 atom stereocenters. The Morgan fingerprint density at radius 2 is 1.74 bits per heavy atom. The molecule has 2 aromatic rings. The summed E-state index contributed by atoms with van der Waals surface area (Å²) in [5.74, 6) is 0.341. The quantitative estimate of drug-likeness (QED) is 0.364. The fraction of sp³-hybridized carbons (Fsp3) is 0.519. The summed E-state index contributed by atoms with van der Waals surface area (Å²) in [5, 5.41) is 18.9. The van der Waals surface area contributed by atoms with E-state index < -0.39 is 17.0 Å². The van der Waals surface area contributed by atoms with Crippen LogP contribution < -0.4 is 10.6 Å². The molecule has 0 spiro atoms. The molecule has 1 aliphatic carbocycles. The number of thioether (sulfide) groups is 1. The second-order valence-electron chi connectivity index (χ2n) is 9.53. The SMILES string of the molecule is O=C(O)C(Cc1ccccc1)NC1(C2CCCCCCCC2)NC(c2ccc(Cl)cc2Cl)CS1. The topological polar surface area (TPSA) is 61.4 Å². The Balaban J connectivity index is 1.62. The van der Waals surface area contributed by atoms with Crippen molar-refractivity contribution in [1.29, 1.82) is 0 Å². The van der Waals surface area contributed by atoms with Crippen molar-refractivity contribution in [3.05, 3.63) is 69.7 Å². The van der Waals surface area contributed by atoms with E-state index in [1.165, 1.54) is 38.5 Å². The van der Waals surface area contributed by atoms with Gasteiger partial charge in [0, 0.05) is 27.8 Å². The maximum Gasteiger partial charge on any atom is 0.321 e. The summed E-state index contributed by atoms with van der Waals surface area (Å²) in [5.41, 5.74) is 2.03. The van der Waals surface area contributed by atoms with E-state index in [-0.39, 0.29) is 6.04 Å². The van der Waals surface area contributed by atoms with E-state index in [0.29, 0.717) is 22.4 Å². The first-order valence-electron chi connectivity index (χ1n) is 12.4. The number of nitrogens with one attached hydrogen (secondary N) is 2. The summed E-state index contributed by atoms with van der Waals surface area (Å²) in [6.07, 6.45) is 10.1. The van der Waals surface area contributed by atoms with E-state index in [4.69, 9.17) is 23.2 Å². The second kappa shape index (κ2) is 12.1. The van der Waals surface area contributed by atoms with Crippen molar-refractivity contribution in [2.45, 2.75) is 74.9 Å². The molecular formula is C27H34Cl2N2O2S. The van der Waals surface area contributed by atoms with Crippen LogP contribution in [0.2, 0.25) is 10.0 Å². The summed E-state index contributed by atoms with van der Waals surface area (Å²) < 4.78 is 0. The normalized spacial score (nSPS) is 25.3. The van der Waals surface area contributed by atoms with Gasteiger partial charge in [0.25, 0.3) is 0 Å². The van der Waals surface area contributed by atoms with Crippen LogP contribution in [0.5, 0.6) is 0 Å². The zero-order valence-corrected chi connectivity index (χ0v) is 21.8. The number of benzene rings is 2. The summed E-state index contributed by atoms with van der Waals surface area (Å²) in [4.78, 5) is 11.9. The van der Waals surface area contributed by atoms with Crippen LogP contribution in [-0.4, -0.2) is 27.9 Å². The number of carbonyl (C=O) groups is 1. The molecule has 1 heterocycles. The largest absolute Gasteiger partial charge is 0.480 e. The van der Waals surface area contributed by atoms with Crippen LogP contribution >= 0.6 is 35.0 Å². The van der Waals surface area contributed by atoms with Crippen LogP contribution in [0.15, 0.2) is 48.5 Å². The molecule has 2 aromatic carbocycles. The first-order chi connectivity index (χ1) is 16.5. The molecular weight excluding hydrogens is 487 g/mol. The van der Waals surface area contributed by atoms with Gasteiger partial charge in [0.05, 0.1) is 0 Å². The predicted octanol–water partition coefficient (Wildman–Crippen LogP) is 7.06. The molecule has 1 aliphatic heterocycles. The van der Waals surface area contributed by atoms with Gasteiger partial charge in [-0.1, -0.05) is 98.1 Å². The zero-order valence-electron chi connectivity index (χ0n) is 19.4. The van der Waals surface area contributed by atoms with Crippen LogP contribution in [0.1, 0.15) is 68.5 Å². The smallest absolute Gasteiger partial charge is 0.321 e. The van der Waals surface area contributed by atoms with Crippen molar-refractivity contribution in [2.75, 3.05) is 5.75 Å². The molecule has 7 heteroatoms. The third kappa shape index (κ3) is 6.50. The Bertz CT molecular complexity index is 951. The van der Waals surface area contributed by atoms with E-state index in [1.807, 2.05) is 54.2 Å². The summed E-state index contributed by atoms with van der Waals surface area (Å²) in [6, 6.07) is 14.9. The number of hydrogen-bond acceptors (Lipinski definition) is 4. The Kier molecular flexibility index (Phi) is 9.22. The molecule has 3 unspecified atom stereocenters. The molecule has 1 saturated carbocycles. The van der Waals surface area contributed by atoms with E-state index in [2.05, 4.69) is 10.6 Å². The fourth-order valence-corrected chi connectivity index (χ4v) is 7.45. The third-order valence-corrected chi connectivity index (χ3v) is 9.19. The van der Waals surface area contributed by atoms with E-state index in [1.54, 1.807) is 6.07 Å². The molecule has 34 heavy (non-hydrogen) atoms. The van der Waals surface area contributed by atoms with Gasteiger partial charge in [-0.05, 0) is 42.5 Å². The van der Waals surface area contributed by atoms with Crippen molar-refractivity contribution >= 4 is 40.9 Å². The average molecular weight is 522 g/mol. The molecule has 4 rings (SSSR count). The first kappa shape index (κ1) is 25.8.